The summed E-state index contributed by atoms with van der Waals surface area (Å²) in [5.41, 5.74) is 1.86. The Bertz CT molecular complexity index is 1220. The summed E-state index contributed by atoms with van der Waals surface area (Å²) in [6.45, 7) is 5.34. The van der Waals surface area contributed by atoms with E-state index in [0.29, 0.717) is 25.4 Å². The van der Waals surface area contributed by atoms with E-state index in [4.69, 9.17) is 14.2 Å². The minimum Gasteiger partial charge on any atom is -0.376 e. The van der Waals surface area contributed by atoms with Crippen LogP contribution in [-0.4, -0.2) is 28.4 Å². The molecule has 178 valence electrons. The number of hydrogen-bond acceptors (Lipinski definition) is 5. The maximum atomic E-state index is 12.6. The summed E-state index contributed by atoms with van der Waals surface area (Å²) in [5, 5.41) is 0. The number of nitrogens with one attached hydrogen (secondary N) is 1. The first kappa shape index (κ1) is 22.8. The SMILES string of the molecule is Cc1cn([C@@H]2O[C@@H]3[C@@H](C)[C@H]2[C@H](OCc2ccccc2)[C@@H]3COCc2ccccc2)c(=O)[nH]c1=O. The second-order valence-electron chi connectivity index (χ2n) is 9.33. The van der Waals surface area contributed by atoms with E-state index >= 15 is 0 Å². The summed E-state index contributed by atoms with van der Waals surface area (Å²) in [4.78, 5) is 26.9. The zero-order chi connectivity index (χ0) is 23.7. The van der Waals surface area contributed by atoms with E-state index in [-0.39, 0.29) is 35.5 Å². The van der Waals surface area contributed by atoms with Gasteiger partial charge in [-0.15, -0.1) is 0 Å². The third kappa shape index (κ3) is 4.39. The van der Waals surface area contributed by atoms with E-state index in [2.05, 4.69) is 11.9 Å². The van der Waals surface area contributed by atoms with Crippen molar-refractivity contribution >= 4 is 0 Å². The normalized spacial score (nSPS) is 27.8. The number of aromatic nitrogens is 2. The summed E-state index contributed by atoms with van der Waals surface area (Å²) in [6, 6.07) is 20.1. The summed E-state index contributed by atoms with van der Waals surface area (Å²) in [6.07, 6.45) is 0.850. The van der Waals surface area contributed by atoms with Gasteiger partial charge in [0.05, 0.1) is 32.0 Å². The van der Waals surface area contributed by atoms with Gasteiger partial charge in [-0.1, -0.05) is 67.6 Å². The highest BCUT2D eigenvalue weighted by molar-refractivity contribution is 5.15. The Hall–Kier alpha value is -3.00. The van der Waals surface area contributed by atoms with Gasteiger partial charge in [0, 0.05) is 23.6 Å². The molecular weight excluding hydrogens is 432 g/mol. The van der Waals surface area contributed by atoms with Crippen LogP contribution in [0, 0.1) is 24.7 Å². The molecule has 2 bridgehead atoms. The highest BCUT2D eigenvalue weighted by Crippen LogP contribution is 2.53. The van der Waals surface area contributed by atoms with Gasteiger partial charge in [0.1, 0.15) is 6.23 Å². The van der Waals surface area contributed by atoms with Gasteiger partial charge in [-0.05, 0) is 24.0 Å². The summed E-state index contributed by atoms with van der Waals surface area (Å²) in [5.74, 6) is 0.181. The lowest BCUT2D eigenvalue weighted by molar-refractivity contribution is -0.162. The second-order valence-corrected chi connectivity index (χ2v) is 9.33. The van der Waals surface area contributed by atoms with Crippen LogP contribution in [0.15, 0.2) is 76.4 Å². The van der Waals surface area contributed by atoms with Crippen molar-refractivity contribution in [3.63, 3.8) is 0 Å². The van der Waals surface area contributed by atoms with Crippen LogP contribution in [-0.2, 0) is 27.4 Å². The predicted octanol–water partition coefficient (Wildman–Crippen LogP) is 3.43. The molecule has 2 aromatic carbocycles. The Morgan fingerprint density at radius 1 is 0.971 bits per heavy atom. The molecule has 0 spiro atoms. The van der Waals surface area contributed by atoms with Gasteiger partial charge < -0.3 is 14.2 Å². The standard InChI is InChI=1S/C27H30N2O5/c1-17-13-29(27(31)28-25(17)30)26-22-18(2)23(34-26)21(16-32-14-19-9-5-3-6-10-19)24(22)33-15-20-11-7-4-8-12-20/h3-13,18,21-24,26H,14-16H2,1-2H3,(H,28,30,31)/t18-,21+,22-,23+,24+,26+/m0/s1. The highest BCUT2D eigenvalue weighted by atomic mass is 16.5. The fraction of sp³-hybridized carbons (Fsp3) is 0.407. The number of ether oxygens (including phenoxy) is 3. The molecular formula is C27H30N2O5. The third-order valence-electron chi connectivity index (χ3n) is 7.10. The van der Waals surface area contributed by atoms with E-state index in [1.54, 1.807) is 13.1 Å². The number of hydrogen-bond donors (Lipinski definition) is 1. The fourth-order valence-corrected chi connectivity index (χ4v) is 5.38. The molecule has 2 heterocycles. The number of H-pyrrole nitrogens is 1. The molecule has 2 fully saturated rings. The average Bonchev–Trinajstić information content (AvgIpc) is 3.30. The first-order valence-corrected chi connectivity index (χ1v) is 11.8. The van der Waals surface area contributed by atoms with E-state index in [1.807, 2.05) is 60.7 Å². The lowest BCUT2D eigenvalue weighted by Crippen LogP contribution is -2.44. The minimum atomic E-state index is -0.491. The van der Waals surface area contributed by atoms with Crippen molar-refractivity contribution in [1.29, 1.82) is 0 Å². The van der Waals surface area contributed by atoms with Crippen LogP contribution in [0.3, 0.4) is 0 Å². The van der Waals surface area contributed by atoms with Crippen molar-refractivity contribution in [2.24, 2.45) is 17.8 Å². The van der Waals surface area contributed by atoms with E-state index in [1.165, 1.54) is 4.57 Å². The van der Waals surface area contributed by atoms with Gasteiger partial charge in [0.15, 0.2) is 0 Å². The molecule has 6 atom stereocenters. The van der Waals surface area contributed by atoms with E-state index < -0.39 is 11.9 Å². The number of benzene rings is 2. The van der Waals surface area contributed by atoms with Crippen LogP contribution in [0.4, 0.5) is 0 Å². The first-order valence-electron chi connectivity index (χ1n) is 11.8. The minimum absolute atomic E-state index is 0.0398. The number of fused-ring (bicyclic) bond motifs is 2. The average molecular weight is 463 g/mol. The van der Waals surface area contributed by atoms with Crippen molar-refractivity contribution < 1.29 is 14.2 Å². The molecule has 0 unspecified atom stereocenters. The van der Waals surface area contributed by atoms with Gasteiger partial charge in [-0.3, -0.25) is 14.3 Å². The van der Waals surface area contributed by atoms with Crippen LogP contribution in [0.2, 0.25) is 0 Å². The predicted molar refractivity (Wildman–Crippen MR) is 127 cm³/mol. The molecule has 0 amide bonds. The molecule has 0 radical (unpaired) electrons. The Labute approximate surface area is 198 Å². The molecule has 2 aliphatic rings. The van der Waals surface area contributed by atoms with Crippen molar-refractivity contribution in [3.05, 3.63) is 104 Å². The van der Waals surface area contributed by atoms with Crippen LogP contribution in [0.5, 0.6) is 0 Å². The van der Waals surface area contributed by atoms with Crippen LogP contribution < -0.4 is 11.2 Å². The zero-order valence-electron chi connectivity index (χ0n) is 19.4. The van der Waals surface area contributed by atoms with Gasteiger partial charge >= 0.3 is 5.69 Å². The largest absolute Gasteiger partial charge is 0.376 e. The Morgan fingerprint density at radius 3 is 2.29 bits per heavy atom. The Morgan fingerprint density at radius 2 is 1.62 bits per heavy atom. The summed E-state index contributed by atoms with van der Waals surface area (Å²) < 4.78 is 20.5. The van der Waals surface area contributed by atoms with E-state index in [0.717, 1.165) is 11.1 Å². The number of aryl methyl sites for hydroxylation is 1. The van der Waals surface area contributed by atoms with Crippen LogP contribution >= 0.6 is 0 Å². The van der Waals surface area contributed by atoms with Crippen LogP contribution in [0.1, 0.15) is 29.8 Å². The van der Waals surface area contributed by atoms with Crippen LogP contribution in [0.25, 0.3) is 0 Å². The molecule has 34 heavy (non-hydrogen) atoms. The fourth-order valence-electron chi connectivity index (χ4n) is 5.38. The summed E-state index contributed by atoms with van der Waals surface area (Å²) >= 11 is 0. The second kappa shape index (κ2) is 9.70. The summed E-state index contributed by atoms with van der Waals surface area (Å²) in [7, 11) is 0. The molecule has 1 aromatic heterocycles. The van der Waals surface area contributed by atoms with Gasteiger partial charge in [0.25, 0.3) is 5.56 Å². The number of aromatic amines is 1. The molecule has 1 aliphatic carbocycles. The van der Waals surface area contributed by atoms with Crippen molar-refractivity contribution in [2.75, 3.05) is 6.61 Å². The van der Waals surface area contributed by atoms with Gasteiger partial charge in [-0.2, -0.15) is 0 Å². The van der Waals surface area contributed by atoms with Crippen molar-refractivity contribution in [2.45, 2.75) is 45.5 Å². The lowest BCUT2D eigenvalue weighted by Gasteiger charge is -2.36. The highest BCUT2D eigenvalue weighted by Gasteiger charge is 2.60. The number of nitrogens with zero attached hydrogens (tertiary/aromatic N) is 1. The maximum Gasteiger partial charge on any atom is 0.330 e. The third-order valence-corrected chi connectivity index (χ3v) is 7.10. The smallest absolute Gasteiger partial charge is 0.330 e. The molecule has 5 rings (SSSR count). The molecule has 1 N–H and O–H groups in total. The Balaban J connectivity index is 1.38. The monoisotopic (exact) mass is 462 g/mol. The first-order chi connectivity index (χ1) is 16.5. The quantitative estimate of drug-likeness (QED) is 0.555. The van der Waals surface area contributed by atoms with Gasteiger partial charge in [0.2, 0.25) is 0 Å². The molecule has 1 aliphatic heterocycles. The molecule has 7 heteroatoms. The Kier molecular flexibility index (Phi) is 6.50. The lowest BCUT2D eigenvalue weighted by atomic mass is 9.94. The van der Waals surface area contributed by atoms with Crippen molar-refractivity contribution in [1.82, 2.24) is 9.55 Å². The van der Waals surface area contributed by atoms with Gasteiger partial charge in [-0.25, -0.2) is 4.79 Å². The molecule has 1 saturated heterocycles. The molecule has 7 nitrogen and oxygen atoms in total. The molecule has 1 saturated carbocycles. The van der Waals surface area contributed by atoms with E-state index in [9.17, 15) is 9.59 Å². The van der Waals surface area contributed by atoms with Crippen molar-refractivity contribution in [3.8, 4) is 0 Å². The zero-order valence-corrected chi connectivity index (χ0v) is 19.4. The molecule has 3 aromatic rings. The topological polar surface area (TPSA) is 82.6 Å². The number of rotatable bonds is 8. The maximum absolute atomic E-state index is 12.6.